The summed E-state index contributed by atoms with van der Waals surface area (Å²) in [6.45, 7) is 3.52. The summed E-state index contributed by atoms with van der Waals surface area (Å²) in [6, 6.07) is 8.61. The minimum absolute atomic E-state index is 0.591. The first kappa shape index (κ1) is 11.6. The number of hydrogen-bond donors (Lipinski definition) is 3. The summed E-state index contributed by atoms with van der Waals surface area (Å²) in [4.78, 5) is 0. The van der Waals surface area contributed by atoms with Crippen LogP contribution in [0, 0.1) is 5.92 Å². The van der Waals surface area contributed by atoms with Gasteiger partial charge in [-0.2, -0.15) is 0 Å². The second-order valence-corrected chi connectivity index (χ2v) is 4.64. The second-order valence-electron chi connectivity index (χ2n) is 4.64. The molecule has 0 amide bonds. The lowest BCUT2D eigenvalue weighted by atomic mass is 9.85. The lowest BCUT2D eigenvalue weighted by Crippen LogP contribution is -2.38. The van der Waals surface area contributed by atoms with E-state index in [0.29, 0.717) is 18.4 Å². The molecule has 2 rings (SSSR count). The molecule has 2 atom stereocenters. The highest BCUT2D eigenvalue weighted by Crippen LogP contribution is 2.26. The molecule has 3 nitrogen and oxygen atoms in total. The topological polar surface area (TPSA) is 64.1 Å². The van der Waals surface area contributed by atoms with E-state index in [-0.39, 0.29) is 0 Å². The average Bonchev–Trinajstić information content (AvgIpc) is 2.39. The molecule has 0 spiro atoms. The Balaban J connectivity index is 2.10. The molecule has 1 aliphatic rings. The summed E-state index contributed by atoms with van der Waals surface area (Å²) in [6.07, 6.45) is 1.19. The summed E-state index contributed by atoms with van der Waals surface area (Å²) < 4.78 is 0. The van der Waals surface area contributed by atoms with Crippen LogP contribution in [0.2, 0.25) is 0 Å². The molecule has 1 saturated heterocycles. The Kier molecular flexibility index (Phi) is 3.93. The van der Waals surface area contributed by atoms with Crippen LogP contribution >= 0.6 is 0 Å². The number of hydrogen-bond acceptors (Lipinski definition) is 3. The van der Waals surface area contributed by atoms with Crippen LogP contribution in [0.3, 0.4) is 0 Å². The zero-order valence-corrected chi connectivity index (χ0v) is 9.65. The number of benzene rings is 1. The number of rotatable bonds is 3. The zero-order chi connectivity index (χ0) is 11.4. The van der Waals surface area contributed by atoms with Crippen LogP contribution in [-0.4, -0.2) is 19.6 Å². The lowest BCUT2D eigenvalue weighted by Gasteiger charge is -2.29. The number of nitrogens with one attached hydrogen (secondary N) is 1. The Morgan fingerprint density at radius 1 is 1.25 bits per heavy atom. The summed E-state index contributed by atoms with van der Waals surface area (Å²) >= 11 is 0. The Hall–Kier alpha value is -0.900. The van der Waals surface area contributed by atoms with E-state index in [1.807, 2.05) is 0 Å². The van der Waals surface area contributed by atoms with Crippen molar-refractivity contribution in [3.05, 3.63) is 35.4 Å². The van der Waals surface area contributed by atoms with Gasteiger partial charge in [-0.1, -0.05) is 24.3 Å². The van der Waals surface area contributed by atoms with Gasteiger partial charge < -0.3 is 16.8 Å². The fraction of sp³-hybridized carbons (Fsp3) is 0.538. The van der Waals surface area contributed by atoms with Gasteiger partial charge in [-0.25, -0.2) is 0 Å². The van der Waals surface area contributed by atoms with Crippen molar-refractivity contribution < 1.29 is 0 Å². The SMILES string of the molecule is NCc1cccc(C2CNCC(CN)C2)c1. The van der Waals surface area contributed by atoms with Crippen LogP contribution in [0.1, 0.15) is 23.5 Å². The van der Waals surface area contributed by atoms with Gasteiger partial charge in [0.25, 0.3) is 0 Å². The molecule has 1 aromatic rings. The molecule has 5 N–H and O–H groups in total. The van der Waals surface area contributed by atoms with Gasteiger partial charge in [-0.05, 0) is 42.5 Å². The second kappa shape index (κ2) is 5.43. The Labute approximate surface area is 97.2 Å². The van der Waals surface area contributed by atoms with Crippen LogP contribution in [0.5, 0.6) is 0 Å². The first-order valence-electron chi connectivity index (χ1n) is 6.03. The van der Waals surface area contributed by atoms with E-state index in [1.54, 1.807) is 0 Å². The molecule has 0 aromatic heterocycles. The van der Waals surface area contributed by atoms with Gasteiger partial charge in [0.05, 0.1) is 0 Å². The largest absolute Gasteiger partial charge is 0.330 e. The third-order valence-electron chi connectivity index (χ3n) is 3.43. The van der Waals surface area contributed by atoms with Gasteiger partial charge >= 0.3 is 0 Å². The molecule has 0 bridgehead atoms. The molecular weight excluding hydrogens is 198 g/mol. The first-order chi connectivity index (χ1) is 7.83. The number of piperidine rings is 1. The monoisotopic (exact) mass is 219 g/mol. The normalized spacial score (nSPS) is 25.6. The Morgan fingerprint density at radius 3 is 2.88 bits per heavy atom. The zero-order valence-electron chi connectivity index (χ0n) is 9.65. The molecular formula is C13H21N3. The first-order valence-corrected chi connectivity index (χ1v) is 6.03. The Bertz CT molecular complexity index is 338. The predicted molar refractivity (Wildman–Crippen MR) is 67.1 cm³/mol. The van der Waals surface area contributed by atoms with E-state index in [0.717, 1.165) is 19.6 Å². The maximum Gasteiger partial charge on any atom is 0.0178 e. The highest BCUT2D eigenvalue weighted by atomic mass is 14.9. The predicted octanol–water partition coefficient (Wildman–Crippen LogP) is 0.797. The maximum atomic E-state index is 5.74. The lowest BCUT2D eigenvalue weighted by molar-refractivity contribution is 0.348. The fourth-order valence-corrected chi connectivity index (χ4v) is 2.44. The minimum Gasteiger partial charge on any atom is -0.330 e. The third-order valence-corrected chi connectivity index (χ3v) is 3.43. The molecule has 1 fully saturated rings. The molecule has 1 heterocycles. The Morgan fingerprint density at radius 2 is 2.12 bits per heavy atom. The summed E-state index contributed by atoms with van der Waals surface area (Å²) in [5.74, 6) is 1.20. The molecule has 16 heavy (non-hydrogen) atoms. The van der Waals surface area contributed by atoms with Crippen molar-refractivity contribution in [2.24, 2.45) is 17.4 Å². The van der Waals surface area contributed by atoms with Gasteiger partial charge in [0.1, 0.15) is 0 Å². The molecule has 88 valence electrons. The standard InChI is InChI=1S/C13H21N3/c14-6-10-2-1-3-12(4-10)13-5-11(7-15)8-16-9-13/h1-4,11,13,16H,5-9,14-15H2. The number of nitrogens with two attached hydrogens (primary N) is 2. The van der Waals surface area contributed by atoms with Gasteiger partial charge in [-0.15, -0.1) is 0 Å². The van der Waals surface area contributed by atoms with Crippen molar-refractivity contribution in [3.63, 3.8) is 0 Å². The molecule has 0 saturated carbocycles. The van der Waals surface area contributed by atoms with Gasteiger partial charge in [0, 0.05) is 13.1 Å². The smallest absolute Gasteiger partial charge is 0.0178 e. The molecule has 1 aromatic carbocycles. The van der Waals surface area contributed by atoms with Gasteiger partial charge in [0.15, 0.2) is 0 Å². The van der Waals surface area contributed by atoms with E-state index in [1.165, 1.54) is 17.5 Å². The summed E-state index contributed by atoms with van der Waals surface area (Å²) in [5, 5.41) is 3.46. The van der Waals surface area contributed by atoms with Gasteiger partial charge in [-0.3, -0.25) is 0 Å². The van der Waals surface area contributed by atoms with E-state index < -0.39 is 0 Å². The highest BCUT2D eigenvalue weighted by molar-refractivity contribution is 5.27. The van der Waals surface area contributed by atoms with Crippen LogP contribution in [0.25, 0.3) is 0 Å². The van der Waals surface area contributed by atoms with Crippen molar-refractivity contribution in [1.29, 1.82) is 0 Å². The molecule has 0 radical (unpaired) electrons. The minimum atomic E-state index is 0.591. The van der Waals surface area contributed by atoms with Crippen molar-refractivity contribution in [1.82, 2.24) is 5.32 Å². The highest BCUT2D eigenvalue weighted by Gasteiger charge is 2.21. The summed E-state index contributed by atoms with van der Waals surface area (Å²) in [7, 11) is 0. The quantitative estimate of drug-likeness (QED) is 0.704. The molecule has 2 unspecified atom stereocenters. The van der Waals surface area contributed by atoms with Crippen molar-refractivity contribution in [2.75, 3.05) is 19.6 Å². The van der Waals surface area contributed by atoms with E-state index in [9.17, 15) is 0 Å². The van der Waals surface area contributed by atoms with Crippen LogP contribution in [-0.2, 0) is 6.54 Å². The van der Waals surface area contributed by atoms with Gasteiger partial charge in [0.2, 0.25) is 0 Å². The van der Waals surface area contributed by atoms with Crippen LogP contribution in [0.4, 0.5) is 0 Å². The van der Waals surface area contributed by atoms with E-state index in [2.05, 4.69) is 29.6 Å². The molecule has 1 aliphatic heterocycles. The van der Waals surface area contributed by atoms with E-state index >= 15 is 0 Å². The van der Waals surface area contributed by atoms with Crippen molar-refractivity contribution >= 4 is 0 Å². The fourth-order valence-electron chi connectivity index (χ4n) is 2.44. The van der Waals surface area contributed by atoms with E-state index in [4.69, 9.17) is 11.5 Å². The van der Waals surface area contributed by atoms with Crippen molar-refractivity contribution in [3.8, 4) is 0 Å². The maximum absolute atomic E-state index is 5.74. The van der Waals surface area contributed by atoms with Crippen LogP contribution < -0.4 is 16.8 Å². The summed E-state index contributed by atoms with van der Waals surface area (Å²) in [5.41, 5.74) is 14.0. The average molecular weight is 219 g/mol. The van der Waals surface area contributed by atoms with Crippen molar-refractivity contribution in [2.45, 2.75) is 18.9 Å². The molecule has 0 aliphatic carbocycles. The van der Waals surface area contributed by atoms with Crippen LogP contribution in [0.15, 0.2) is 24.3 Å². The third kappa shape index (κ3) is 2.61. The molecule has 3 heteroatoms.